The van der Waals surface area contributed by atoms with Crippen LogP contribution in [0.15, 0.2) is 65.5 Å². The first-order valence-corrected chi connectivity index (χ1v) is 10.7. The van der Waals surface area contributed by atoms with E-state index in [2.05, 4.69) is 15.6 Å². The lowest BCUT2D eigenvalue weighted by molar-refractivity contribution is 0.0936. The highest BCUT2D eigenvalue weighted by molar-refractivity contribution is 7.19. The number of carbonyl (C=O) groups excluding carboxylic acids is 2. The molecule has 0 saturated carbocycles. The van der Waals surface area contributed by atoms with E-state index >= 15 is 0 Å². The van der Waals surface area contributed by atoms with Crippen molar-refractivity contribution in [3.8, 4) is 0 Å². The maximum absolute atomic E-state index is 13.2. The van der Waals surface area contributed by atoms with Crippen LogP contribution in [0.2, 0.25) is 0 Å². The van der Waals surface area contributed by atoms with Gasteiger partial charge in [0.2, 0.25) is 0 Å². The van der Waals surface area contributed by atoms with Gasteiger partial charge in [-0.05, 0) is 43.2 Å². The Kier molecular flexibility index (Phi) is 6.09. The van der Waals surface area contributed by atoms with Gasteiger partial charge in [-0.15, -0.1) is 0 Å². The van der Waals surface area contributed by atoms with Gasteiger partial charge in [-0.3, -0.25) is 14.4 Å². The number of anilines is 1. The van der Waals surface area contributed by atoms with Gasteiger partial charge in [0.1, 0.15) is 16.4 Å². The molecular weight excluding hydrogens is 431 g/mol. The molecule has 0 radical (unpaired) electrons. The highest BCUT2D eigenvalue weighted by atomic mass is 32.1. The first-order chi connectivity index (χ1) is 15.4. The minimum absolute atomic E-state index is 0.0433. The van der Waals surface area contributed by atoms with Crippen molar-refractivity contribution in [2.75, 3.05) is 11.9 Å². The summed E-state index contributed by atoms with van der Waals surface area (Å²) in [5.74, 6) is -1.57. The van der Waals surface area contributed by atoms with E-state index in [4.69, 9.17) is 0 Å². The average Bonchev–Trinajstić information content (AvgIpc) is 3.16. The van der Waals surface area contributed by atoms with E-state index in [0.717, 1.165) is 21.3 Å². The summed E-state index contributed by atoms with van der Waals surface area (Å²) < 4.78 is 14.3. The second-order valence-electron chi connectivity index (χ2n) is 7.09. The molecule has 4 rings (SSSR count). The number of carbonyl (C=O) groups is 2. The summed E-state index contributed by atoms with van der Waals surface area (Å²) in [6.07, 6.45) is 0.595. The summed E-state index contributed by atoms with van der Waals surface area (Å²) in [4.78, 5) is 43.2. The molecular formula is C23H19FN4O3S. The molecule has 7 nitrogen and oxygen atoms in total. The molecule has 0 saturated heterocycles. The number of hydrogen-bond acceptors (Lipinski definition) is 5. The number of nitrogens with zero attached hydrogens (tertiary/aromatic N) is 2. The third kappa shape index (κ3) is 4.57. The molecule has 2 aromatic heterocycles. The Morgan fingerprint density at radius 1 is 1.06 bits per heavy atom. The zero-order chi connectivity index (χ0) is 22.7. The van der Waals surface area contributed by atoms with Gasteiger partial charge in [0, 0.05) is 24.0 Å². The number of hydrogen-bond donors (Lipinski definition) is 2. The van der Waals surface area contributed by atoms with Crippen LogP contribution in [-0.2, 0) is 6.42 Å². The molecule has 2 heterocycles. The molecule has 2 amide bonds. The summed E-state index contributed by atoms with van der Waals surface area (Å²) in [5, 5.41) is 5.42. The molecule has 0 unspecified atom stereocenters. The van der Waals surface area contributed by atoms with Crippen LogP contribution in [0.4, 0.5) is 10.1 Å². The number of amides is 2. The van der Waals surface area contributed by atoms with Crippen LogP contribution in [-0.4, -0.2) is 27.7 Å². The molecule has 9 heteroatoms. The Morgan fingerprint density at radius 3 is 2.50 bits per heavy atom. The summed E-state index contributed by atoms with van der Waals surface area (Å²) >= 11 is 0.946. The number of nitrogens with one attached hydrogen (secondary N) is 2. The summed E-state index contributed by atoms with van der Waals surface area (Å²) in [6, 6.07) is 16.2. The quantitative estimate of drug-likeness (QED) is 0.471. The summed E-state index contributed by atoms with van der Waals surface area (Å²) in [6.45, 7) is 1.99. The predicted octanol–water partition coefficient (Wildman–Crippen LogP) is 3.43. The van der Waals surface area contributed by atoms with Gasteiger partial charge in [-0.2, -0.15) is 0 Å². The van der Waals surface area contributed by atoms with E-state index in [1.165, 1.54) is 30.3 Å². The Bertz CT molecular complexity index is 1350. The van der Waals surface area contributed by atoms with Gasteiger partial charge in [0.25, 0.3) is 17.4 Å². The fourth-order valence-corrected chi connectivity index (χ4v) is 4.28. The zero-order valence-corrected chi connectivity index (χ0v) is 17.9. The van der Waals surface area contributed by atoms with Gasteiger partial charge in [0.05, 0.1) is 0 Å². The Morgan fingerprint density at radius 2 is 1.78 bits per heavy atom. The largest absolute Gasteiger partial charge is 0.350 e. The maximum atomic E-state index is 13.2. The smallest absolute Gasteiger partial charge is 0.270 e. The topological polar surface area (TPSA) is 92.6 Å². The SMILES string of the molecule is Cc1cc(=O)n2c(C(=O)NCCc3ccccc3)c(C(=O)Nc3ccc(F)cc3)sc2n1. The third-order valence-corrected chi connectivity index (χ3v) is 5.75. The van der Waals surface area contributed by atoms with Gasteiger partial charge in [-0.25, -0.2) is 13.8 Å². The molecule has 0 aliphatic rings. The van der Waals surface area contributed by atoms with Crippen LogP contribution < -0.4 is 16.2 Å². The van der Waals surface area contributed by atoms with Crippen molar-refractivity contribution in [1.29, 1.82) is 0 Å². The number of thiazole rings is 1. The molecule has 0 aliphatic carbocycles. The number of aryl methyl sites for hydroxylation is 1. The van der Waals surface area contributed by atoms with Crippen molar-refractivity contribution in [2.24, 2.45) is 0 Å². The number of fused-ring (bicyclic) bond motifs is 1. The van der Waals surface area contributed by atoms with Crippen LogP contribution >= 0.6 is 11.3 Å². The van der Waals surface area contributed by atoms with Crippen LogP contribution in [0.5, 0.6) is 0 Å². The number of aromatic nitrogens is 2. The molecule has 0 fully saturated rings. The third-order valence-electron chi connectivity index (χ3n) is 4.71. The highest BCUT2D eigenvalue weighted by Crippen LogP contribution is 2.23. The lowest BCUT2D eigenvalue weighted by Crippen LogP contribution is -2.31. The predicted molar refractivity (Wildman–Crippen MR) is 121 cm³/mol. The van der Waals surface area contributed by atoms with E-state index in [1.807, 2.05) is 30.3 Å². The molecule has 0 spiro atoms. The standard InChI is InChI=1S/C23H19FN4O3S/c1-14-13-18(29)28-19(21(30)25-12-11-15-5-3-2-4-6-15)20(32-23(28)26-14)22(31)27-17-9-7-16(24)8-10-17/h2-10,13H,11-12H2,1H3,(H,25,30)(H,27,31). The molecule has 0 aliphatic heterocycles. The highest BCUT2D eigenvalue weighted by Gasteiger charge is 2.26. The molecule has 2 N–H and O–H groups in total. The normalized spacial score (nSPS) is 10.8. The minimum atomic E-state index is -0.586. The second kappa shape index (κ2) is 9.11. The van der Waals surface area contributed by atoms with Crippen LogP contribution in [0.1, 0.15) is 31.4 Å². The number of halogens is 1. The van der Waals surface area contributed by atoms with Crippen molar-refractivity contribution >= 4 is 33.8 Å². The summed E-state index contributed by atoms with van der Waals surface area (Å²) in [5.41, 5.74) is 1.37. The van der Waals surface area contributed by atoms with E-state index in [1.54, 1.807) is 6.92 Å². The van der Waals surface area contributed by atoms with E-state index in [-0.39, 0.29) is 15.5 Å². The number of benzene rings is 2. The van der Waals surface area contributed by atoms with Crippen LogP contribution in [0.25, 0.3) is 4.96 Å². The average molecular weight is 450 g/mol. The van der Waals surface area contributed by atoms with Gasteiger partial charge in [-0.1, -0.05) is 41.7 Å². The van der Waals surface area contributed by atoms with Gasteiger partial charge >= 0.3 is 0 Å². The Balaban J connectivity index is 1.65. The maximum Gasteiger partial charge on any atom is 0.270 e. The van der Waals surface area contributed by atoms with Crippen molar-refractivity contribution in [3.05, 3.63) is 98.7 Å². The van der Waals surface area contributed by atoms with Gasteiger partial charge in [0.15, 0.2) is 4.96 Å². The Labute approximate surface area is 186 Å². The first kappa shape index (κ1) is 21.4. The van der Waals surface area contributed by atoms with Crippen LogP contribution in [0.3, 0.4) is 0 Å². The van der Waals surface area contributed by atoms with Crippen molar-refractivity contribution in [1.82, 2.24) is 14.7 Å². The number of rotatable bonds is 6. The van der Waals surface area contributed by atoms with E-state index in [0.29, 0.717) is 24.3 Å². The molecule has 32 heavy (non-hydrogen) atoms. The van der Waals surface area contributed by atoms with E-state index < -0.39 is 23.2 Å². The van der Waals surface area contributed by atoms with Gasteiger partial charge < -0.3 is 10.6 Å². The zero-order valence-electron chi connectivity index (χ0n) is 17.1. The molecule has 162 valence electrons. The summed E-state index contributed by atoms with van der Waals surface area (Å²) in [7, 11) is 0. The second-order valence-corrected chi connectivity index (χ2v) is 8.06. The van der Waals surface area contributed by atoms with Crippen molar-refractivity contribution < 1.29 is 14.0 Å². The molecule has 2 aromatic carbocycles. The lowest BCUT2D eigenvalue weighted by atomic mass is 10.1. The molecule has 0 bridgehead atoms. The monoisotopic (exact) mass is 450 g/mol. The fourth-order valence-electron chi connectivity index (χ4n) is 3.21. The Hall–Kier alpha value is -3.85. The first-order valence-electron chi connectivity index (χ1n) is 9.84. The molecule has 0 atom stereocenters. The minimum Gasteiger partial charge on any atom is -0.350 e. The molecule has 4 aromatic rings. The van der Waals surface area contributed by atoms with E-state index in [9.17, 15) is 18.8 Å². The van der Waals surface area contributed by atoms with Crippen molar-refractivity contribution in [3.63, 3.8) is 0 Å². The van der Waals surface area contributed by atoms with Crippen molar-refractivity contribution in [2.45, 2.75) is 13.3 Å². The fraction of sp³-hybridized carbons (Fsp3) is 0.130. The van der Waals surface area contributed by atoms with Crippen LogP contribution in [0, 0.1) is 12.7 Å². The lowest BCUT2D eigenvalue weighted by Gasteiger charge is -2.08.